The van der Waals surface area contributed by atoms with Crippen molar-refractivity contribution in [2.75, 3.05) is 21.3 Å². The molecule has 0 saturated heterocycles. The maximum atomic E-state index is 5.27. The summed E-state index contributed by atoms with van der Waals surface area (Å²) in [5, 5.41) is 0. The molecule has 16 heavy (non-hydrogen) atoms. The summed E-state index contributed by atoms with van der Waals surface area (Å²) in [6, 6.07) is 1.77. The number of hydrogen-bond acceptors (Lipinski definition) is 5. The van der Waals surface area contributed by atoms with E-state index in [0.717, 1.165) is 10.0 Å². The molecule has 0 aliphatic carbocycles. The molecule has 0 saturated carbocycles. The Kier molecular flexibility index (Phi) is 4.85. The molecule has 0 unspecified atom stereocenters. The van der Waals surface area contributed by atoms with Gasteiger partial charge in [0, 0.05) is 10.0 Å². The second-order valence-electron chi connectivity index (χ2n) is 2.92. The van der Waals surface area contributed by atoms with Crippen molar-refractivity contribution in [1.82, 2.24) is 0 Å². The Morgan fingerprint density at radius 2 is 1.75 bits per heavy atom. The lowest BCUT2D eigenvalue weighted by molar-refractivity contribution is 0.121. The fourth-order valence-electron chi connectivity index (χ4n) is 1.40. The fourth-order valence-corrected chi connectivity index (χ4v) is 1.91. The van der Waals surface area contributed by atoms with E-state index in [2.05, 4.69) is 20.8 Å². The lowest BCUT2D eigenvalue weighted by Crippen LogP contribution is -2.04. The van der Waals surface area contributed by atoms with Gasteiger partial charge in [-0.05, 0) is 6.07 Å². The number of rotatable bonds is 5. The molecule has 90 valence electrons. The second kappa shape index (κ2) is 5.93. The van der Waals surface area contributed by atoms with Crippen LogP contribution >= 0.6 is 15.9 Å². The van der Waals surface area contributed by atoms with Gasteiger partial charge in [0.15, 0.2) is 11.5 Å². The SMILES string of the molecule is COc1cc(Br)c(CON)c(OC)c1OC. The molecule has 0 amide bonds. The smallest absolute Gasteiger partial charge is 0.203 e. The first-order chi connectivity index (χ1) is 7.69. The molecule has 2 N–H and O–H groups in total. The van der Waals surface area contributed by atoms with Crippen molar-refractivity contribution < 1.29 is 19.0 Å². The van der Waals surface area contributed by atoms with Crippen molar-refractivity contribution in [3.05, 3.63) is 16.1 Å². The normalized spacial score (nSPS) is 10.1. The van der Waals surface area contributed by atoms with Crippen LogP contribution in [0.5, 0.6) is 17.2 Å². The van der Waals surface area contributed by atoms with Crippen LogP contribution in [0, 0.1) is 0 Å². The van der Waals surface area contributed by atoms with Crippen LogP contribution in [0.25, 0.3) is 0 Å². The van der Waals surface area contributed by atoms with Crippen molar-refractivity contribution in [3.8, 4) is 17.2 Å². The topological polar surface area (TPSA) is 62.9 Å². The third-order valence-electron chi connectivity index (χ3n) is 2.11. The van der Waals surface area contributed by atoms with Gasteiger partial charge >= 0.3 is 0 Å². The van der Waals surface area contributed by atoms with Gasteiger partial charge in [-0.25, -0.2) is 5.90 Å². The van der Waals surface area contributed by atoms with Gasteiger partial charge in [0.2, 0.25) is 5.75 Å². The minimum absolute atomic E-state index is 0.212. The van der Waals surface area contributed by atoms with Gasteiger partial charge in [0.25, 0.3) is 0 Å². The molecule has 1 aromatic rings. The average Bonchev–Trinajstić information content (AvgIpc) is 2.30. The van der Waals surface area contributed by atoms with Gasteiger partial charge in [-0.1, -0.05) is 15.9 Å². The summed E-state index contributed by atoms with van der Waals surface area (Å²) in [5.41, 5.74) is 0.766. The first kappa shape index (κ1) is 13.1. The van der Waals surface area contributed by atoms with Crippen LogP contribution in [-0.2, 0) is 11.4 Å². The highest BCUT2D eigenvalue weighted by Gasteiger charge is 2.19. The lowest BCUT2D eigenvalue weighted by Gasteiger charge is -2.16. The van der Waals surface area contributed by atoms with Gasteiger partial charge < -0.3 is 14.2 Å². The van der Waals surface area contributed by atoms with Crippen molar-refractivity contribution in [2.45, 2.75) is 6.61 Å². The minimum atomic E-state index is 0.212. The number of hydrogen-bond donors (Lipinski definition) is 1. The molecule has 0 aliphatic heterocycles. The number of halogens is 1. The summed E-state index contributed by atoms with van der Waals surface area (Å²) in [6.07, 6.45) is 0. The molecule has 1 aromatic carbocycles. The zero-order chi connectivity index (χ0) is 12.1. The number of methoxy groups -OCH3 is 3. The number of nitrogens with two attached hydrogens (primary N) is 1. The third-order valence-corrected chi connectivity index (χ3v) is 2.81. The van der Waals surface area contributed by atoms with Crippen LogP contribution in [0.15, 0.2) is 10.5 Å². The fraction of sp³-hybridized carbons (Fsp3) is 0.400. The first-order valence-electron chi connectivity index (χ1n) is 4.48. The molecule has 0 spiro atoms. The number of benzene rings is 1. The third kappa shape index (κ3) is 2.40. The predicted molar refractivity (Wildman–Crippen MR) is 62.8 cm³/mol. The minimum Gasteiger partial charge on any atom is -0.493 e. The molecule has 0 fully saturated rings. The summed E-state index contributed by atoms with van der Waals surface area (Å²) in [5.74, 6) is 6.70. The molecule has 0 radical (unpaired) electrons. The van der Waals surface area contributed by atoms with Crippen molar-refractivity contribution in [2.24, 2.45) is 5.90 Å². The van der Waals surface area contributed by atoms with E-state index in [0.29, 0.717) is 17.2 Å². The molecule has 5 nitrogen and oxygen atoms in total. The van der Waals surface area contributed by atoms with Crippen molar-refractivity contribution >= 4 is 15.9 Å². The summed E-state index contributed by atoms with van der Waals surface area (Å²) in [6.45, 7) is 0.212. The lowest BCUT2D eigenvalue weighted by atomic mass is 10.2. The van der Waals surface area contributed by atoms with E-state index >= 15 is 0 Å². The van der Waals surface area contributed by atoms with E-state index in [-0.39, 0.29) is 6.61 Å². The molecular formula is C10H14BrNO4. The Hall–Kier alpha value is -0.980. The van der Waals surface area contributed by atoms with Gasteiger partial charge in [-0.3, -0.25) is 4.84 Å². The number of ether oxygens (including phenoxy) is 3. The molecule has 0 heterocycles. The Bertz CT molecular complexity index is 370. The summed E-state index contributed by atoms with van der Waals surface area (Å²) >= 11 is 3.39. The van der Waals surface area contributed by atoms with Crippen LogP contribution in [0.2, 0.25) is 0 Å². The maximum Gasteiger partial charge on any atom is 0.203 e. The predicted octanol–water partition coefficient (Wildman–Crippen LogP) is 1.87. The highest BCUT2D eigenvalue weighted by atomic mass is 79.9. The second-order valence-corrected chi connectivity index (χ2v) is 3.77. The van der Waals surface area contributed by atoms with E-state index in [1.807, 2.05) is 0 Å². The summed E-state index contributed by atoms with van der Waals surface area (Å²) < 4.78 is 16.5. The van der Waals surface area contributed by atoms with E-state index in [1.54, 1.807) is 27.4 Å². The first-order valence-corrected chi connectivity index (χ1v) is 5.27. The van der Waals surface area contributed by atoms with Gasteiger partial charge in [-0.15, -0.1) is 0 Å². The Morgan fingerprint density at radius 3 is 2.19 bits per heavy atom. The molecule has 1 rings (SSSR count). The van der Waals surface area contributed by atoms with Gasteiger partial charge in [-0.2, -0.15) is 0 Å². The molecular weight excluding hydrogens is 278 g/mol. The van der Waals surface area contributed by atoms with E-state index in [4.69, 9.17) is 20.1 Å². The van der Waals surface area contributed by atoms with E-state index < -0.39 is 0 Å². The Labute approximate surface area is 103 Å². The van der Waals surface area contributed by atoms with Crippen LogP contribution in [-0.4, -0.2) is 21.3 Å². The standard InChI is InChI=1S/C10H14BrNO4/c1-13-8-4-7(11)6(5-16-12)9(14-2)10(8)15-3/h4H,5,12H2,1-3H3. The maximum absolute atomic E-state index is 5.27. The van der Waals surface area contributed by atoms with Crippen LogP contribution in [0.3, 0.4) is 0 Å². The van der Waals surface area contributed by atoms with Crippen molar-refractivity contribution in [3.63, 3.8) is 0 Å². The Balaban J connectivity index is 3.38. The quantitative estimate of drug-likeness (QED) is 0.839. The molecule has 0 bridgehead atoms. The van der Waals surface area contributed by atoms with Crippen LogP contribution in [0.4, 0.5) is 0 Å². The van der Waals surface area contributed by atoms with E-state index in [1.165, 1.54) is 0 Å². The van der Waals surface area contributed by atoms with E-state index in [9.17, 15) is 0 Å². The zero-order valence-corrected chi connectivity index (χ0v) is 11.0. The summed E-state index contributed by atoms with van der Waals surface area (Å²) in [7, 11) is 4.65. The highest BCUT2D eigenvalue weighted by Crippen LogP contribution is 2.43. The molecule has 0 atom stereocenters. The zero-order valence-electron chi connectivity index (χ0n) is 9.37. The average molecular weight is 292 g/mol. The van der Waals surface area contributed by atoms with Crippen LogP contribution in [0.1, 0.15) is 5.56 Å². The van der Waals surface area contributed by atoms with Crippen molar-refractivity contribution in [1.29, 1.82) is 0 Å². The monoisotopic (exact) mass is 291 g/mol. The Morgan fingerprint density at radius 1 is 1.12 bits per heavy atom. The van der Waals surface area contributed by atoms with Gasteiger partial charge in [0.1, 0.15) is 0 Å². The highest BCUT2D eigenvalue weighted by molar-refractivity contribution is 9.10. The molecule has 6 heteroatoms. The summed E-state index contributed by atoms with van der Waals surface area (Å²) in [4.78, 5) is 4.62. The van der Waals surface area contributed by atoms with Crippen LogP contribution < -0.4 is 20.1 Å². The largest absolute Gasteiger partial charge is 0.493 e. The molecule has 0 aromatic heterocycles. The van der Waals surface area contributed by atoms with Gasteiger partial charge in [0.05, 0.1) is 27.9 Å². The molecule has 0 aliphatic rings.